The van der Waals surface area contributed by atoms with Gasteiger partial charge in [0.1, 0.15) is 0 Å². The average molecular weight is 423 g/mol. The van der Waals surface area contributed by atoms with Crippen molar-refractivity contribution in [1.82, 2.24) is 14.5 Å². The highest BCUT2D eigenvalue weighted by Gasteiger charge is 2.32. The molecule has 3 fully saturated rings. The average Bonchev–Trinajstić information content (AvgIpc) is 3.18. The third-order valence-electron chi connectivity index (χ3n) is 8.02. The van der Waals surface area contributed by atoms with Gasteiger partial charge in [0.15, 0.2) is 0 Å². The van der Waals surface area contributed by atoms with E-state index in [1.54, 1.807) is 0 Å². The molecule has 1 saturated carbocycles. The number of amides is 1. The molecule has 2 aromatic rings. The Hall–Kier alpha value is -2.04. The molecular weight excluding hydrogens is 384 g/mol. The lowest BCUT2D eigenvalue weighted by Gasteiger charge is -2.37. The van der Waals surface area contributed by atoms with Gasteiger partial charge in [-0.3, -0.25) is 4.79 Å². The molecule has 1 aliphatic carbocycles. The maximum atomic E-state index is 13.1. The third-order valence-corrected chi connectivity index (χ3v) is 8.02. The summed E-state index contributed by atoms with van der Waals surface area (Å²) in [6.45, 7) is 7.18. The van der Waals surface area contributed by atoms with E-state index in [-0.39, 0.29) is 5.92 Å². The molecule has 3 aliphatic rings. The van der Waals surface area contributed by atoms with Crippen molar-refractivity contribution in [2.75, 3.05) is 31.1 Å². The number of fused-ring (bicyclic) bond motifs is 1. The van der Waals surface area contributed by atoms with Gasteiger partial charge in [0.05, 0.1) is 11.0 Å². The van der Waals surface area contributed by atoms with Crippen LogP contribution < -0.4 is 4.90 Å². The molecule has 2 saturated heterocycles. The highest BCUT2D eigenvalue weighted by Crippen LogP contribution is 2.32. The second kappa shape index (κ2) is 9.22. The molecule has 0 N–H and O–H groups in total. The van der Waals surface area contributed by atoms with E-state index in [1.165, 1.54) is 37.6 Å². The number of carbonyl (C=O) groups excluding carboxylic acids is 1. The number of benzene rings is 1. The zero-order valence-corrected chi connectivity index (χ0v) is 19.1. The fourth-order valence-electron chi connectivity index (χ4n) is 5.93. The summed E-state index contributed by atoms with van der Waals surface area (Å²) in [5.74, 6) is 3.27. The largest absolute Gasteiger partial charge is 0.342 e. The number of piperidine rings is 2. The number of rotatable bonds is 4. The molecule has 1 aromatic heterocycles. The lowest BCUT2D eigenvalue weighted by Crippen LogP contribution is -2.45. The summed E-state index contributed by atoms with van der Waals surface area (Å²) in [4.78, 5) is 22.7. The van der Waals surface area contributed by atoms with Crippen LogP contribution in [-0.4, -0.2) is 46.5 Å². The zero-order valence-electron chi connectivity index (χ0n) is 19.1. The Morgan fingerprint density at radius 1 is 0.935 bits per heavy atom. The third kappa shape index (κ3) is 4.47. The van der Waals surface area contributed by atoms with E-state index in [2.05, 4.69) is 45.6 Å². The molecule has 1 aromatic carbocycles. The minimum absolute atomic E-state index is 0.195. The van der Waals surface area contributed by atoms with Crippen LogP contribution in [0.2, 0.25) is 0 Å². The van der Waals surface area contributed by atoms with Gasteiger partial charge in [-0.1, -0.05) is 38.3 Å². The monoisotopic (exact) mass is 422 g/mol. The summed E-state index contributed by atoms with van der Waals surface area (Å²) in [5.41, 5.74) is 2.37. The molecule has 168 valence electrons. The van der Waals surface area contributed by atoms with E-state index in [0.717, 1.165) is 81.7 Å². The number of nitrogens with zero attached hydrogens (tertiary/aromatic N) is 4. The van der Waals surface area contributed by atoms with E-state index in [9.17, 15) is 4.79 Å². The molecule has 5 rings (SSSR count). The first kappa shape index (κ1) is 20.8. The van der Waals surface area contributed by atoms with Crippen LogP contribution in [0.5, 0.6) is 0 Å². The van der Waals surface area contributed by atoms with Gasteiger partial charge in [-0.05, 0) is 62.5 Å². The number of aromatic nitrogens is 2. The van der Waals surface area contributed by atoms with Crippen LogP contribution in [-0.2, 0) is 11.3 Å². The molecule has 0 unspecified atom stereocenters. The summed E-state index contributed by atoms with van der Waals surface area (Å²) in [6, 6.07) is 8.59. The predicted molar refractivity (Wildman–Crippen MR) is 126 cm³/mol. The Morgan fingerprint density at radius 3 is 2.39 bits per heavy atom. The molecule has 3 heterocycles. The quantitative estimate of drug-likeness (QED) is 0.689. The van der Waals surface area contributed by atoms with Crippen molar-refractivity contribution in [2.45, 2.75) is 71.3 Å². The Bertz CT molecular complexity index is 884. The molecule has 5 heteroatoms. The van der Waals surface area contributed by atoms with Crippen molar-refractivity contribution in [3.8, 4) is 0 Å². The Labute approximate surface area is 186 Å². The van der Waals surface area contributed by atoms with Crippen LogP contribution >= 0.6 is 0 Å². The molecule has 0 atom stereocenters. The molecule has 0 spiro atoms. The fourth-order valence-corrected chi connectivity index (χ4v) is 5.93. The van der Waals surface area contributed by atoms with Crippen molar-refractivity contribution in [1.29, 1.82) is 0 Å². The molecule has 0 radical (unpaired) electrons. The second-order valence-electron chi connectivity index (χ2n) is 10.3. The maximum Gasteiger partial charge on any atom is 0.225 e. The first-order chi connectivity index (χ1) is 15.2. The van der Waals surface area contributed by atoms with Gasteiger partial charge in [-0.25, -0.2) is 4.98 Å². The topological polar surface area (TPSA) is 41.4 Å². The van der Waals surface area contributed by atoms with Crippen LogP contribution in [0.15, 0.2) is 24.3 Å². The SMILES string of the molecule is CC1CCN(C(=O)C2CCN(c3nc4ccccc4n3CC3CCCCC3)CC2)CC1. The van der Waals surface area contributed by atoms with Crippen LogP contribution in [0, 0.1) is 17.8 Å². The standard InChI is InChI=1S/C26H38N4O/c1-20-11-15-28(16-12-20)25(31)22-13-17-29(18-14-22)26-27-23-9-5-6-10-24(23)30(26)19-21-7-3-2-4-8-21/h5-6,9-10,20-22H,2-4,7-8,11-19H2,1H3. The lowest BCUT2D eigenvalue weighted by atomic mass is 9.89. The second-order valence-corrected chi connectivity index (χ2v) is 10.3. The molecule has 5 nitrogen and oxygen atoms in total. The number of imidazole rings is 1. The molecule has 2 aliphatic heterocycles. The summed E-state index contributed by atoms with van der Waals surface area (Å²) in [6.07, 6.45) is 11.1. The Morgan fingerprint density at radius 2 is 1.65 bits per heavy atom. The van der Waals surface area contributed by atoms with Gasteiger partial charge < -0.3 is 14.4 Å². The van der Waals surface area contributed by atoms with Crippen LogP contribution in [0.25, 0.3) is 11.0 Å². The van der Waals surface area contributed by atoms with E-state index < -0.39 is 0 Å². The van der Waals surface area contributed by atoms with Crippen molar-refractivity contribution >= 4 is 22.9 Å². The smallest absolute Gasteiger partial charge is 0.225 e. The summed E-state index contributed by atoms with van der Waals surface area (Å²) < 4.78 is 2.49. The number of hydrogen-bond acceptors (Lipinski definition) is 3. The first-order valence-electron chi connectivity index (χ1n) is 12.7. The summed E-state index contributed by atoms with van der Waals surface area (Å²) in [7, 11) is 0. The number of anilines is 1. The maximum absolute atomic E-state index is 13.1. The predicted octanol–water partition coefficient (Wildman–Crippen LogP) is 5.09. The van der Waals surface area contributed by atoms with Gasteiger partial charge in [0, 0.05) is 38.6 Å². The molecular formula is C26H38N4O. The van der Waals surface area contributed by atoms with Crippen LogP contribution in [0.1, 0.15) is 64.7 Å². The summed E-state index contributed by atoms with van der Waals surface area (Å²) >= 11 is 0. The van der Waals surface area contributed by atoms with Crippen LogP contribution in [0.4, 0.5) is 5.95 Å². The van der Waals surface area contributed by atoms with Crippen molar-refractivity contribution in [3.63, 3.8) is 0 Å². The minimum Gasteiger partial charge on any atom is -0.342 e. The number of hydrogen-bond donors (Lipinski definition) is 0. The number of carbonyl (C=O) groups is 1. The minimum atomic E-state index is 0.195. The molecule has 31 heavy (non-hydrogen) atoms. The molecule has 0 bridgehead atoms. The highest BCUT2D eigenvalue weighted by molar-refractivity contribution is 5.80. The number of para-hydroxylation sites is 2. The van der Waals surface area contributed by atoms with Crippen molar-refractivity contribution in [2.24, 2.45) is 17.8 Å². The normalized spacial score (nSPS) is 22.4. The fraction of sp³-hybridized carbons (Fsp3) is 0.692. The van der Waals surface area contributed by atoms with Crippen molar-refractivity contribution in [3.05, 3.63) is 24.3 Å². The van der Waals surface area contributed by atoms with Gasteiger partial charge in [-0.15, -0.1) is 0 Å². The van der Waals surface area contributed by atoms with Crippen LogP contribution in [0.3, 0.4) is 0 Å². The van der Waals surface area contributed by atoms with E-state index in [0.29, 0.717) is 5.91 Å². The highest BCUT2D eigenvalue weighted by atomic mass is 16.2. The van der Waals surface area contributed by atoms with E-state index in [4.69, 9.17) is 4.98 Å². The van der Waals surface area contributed by atoms with E-state index in [1.807, 2.05) is 0 Å². The van der Waals surface area contributed by atoms with Gasteiger partial charge in [-0.2, -0.15) is 0 Å². The zero-order chi connectivity index (χ0) is 21.2. The first-order valence-corrected chi connectivity index (χ1v) is 12.7. The Balaban J connectivity index is 1.29. The van der Waals surface area contributed by atoms with Gasteiger partial charge >= 0.3 is 0 Å². The number of likely N-dealkylation sites (tertiary alicyclic amines) is 1. The van der Waals surface area contributed by atoms with Crippen molar-refractivity contribution < 1.29 is 4.79 Å². The van der Waals surface area contributed by atoms with E-state index >= 15 is 0 Å². The lowest BCUT2D eigenvalue weighted by molar-refractivity contribution is -0.137. The Kier molecular flexibility index (Phi) is 6.20. The van der Waals surface area contributed by atoms with Gasteiger partial charge in [0.25, 0.3) is 0 Å². The summed E-state index contributed by atoms with van der Waals surface area (Å²) in [5, 5.41) is 0. The molecule has 1 amide bonds. The van der Waals surface area contributed by atoms with Gasteiger partial charge in [0.2, 0.25) is 11.9 Å².